The van der Waals surface area contributed by atoms with E-state index in [9.17, 15) is 4.79 Å². The van der Waals surface area contributed by atoms with Crippen molar-refractivity contribution in [2.24, 2.45) is 0 Å². The molecule has 0 saturated carbocycles. The van der Waals surface area contributed by atoms with Crippen molar-refractivity contribution in [1.29, 1.82) is 0 Å². The van der Waals surface area contributed by atoms with Crippen LogP contribution in [0.2, 0.25) is 0 Å². The zero-order valence-corrected chi connectivity index (χ0v) is 18.1. The lowest BCUT2D eigenvalue weighted by Gasteiger charge is -2.35. The Hall–Kier alpha value is -2.63. The average molecular weight is 396 g/mol. The lowest BCUT2D eigenvalue weighted by molar-refractivity contribution is 0.0602. The number of piperidine rings is 1. The molecule has 3 rings (SSSR count). The molecule has 1 N–H and O–H groups in total. The maximum absolute atomic E-state index is 13.0. The summed E-state index contributed by atoms with van der Waals surface area (Å²) in [5, 5.41) is 3.29. The fourth-order valence-electron chi connectivity index (χ4n) is 4.07. The molecular weight excluding hydrogens is 362 g/mol. The number of carbonyl (C=O) groups is 1. The van der Waals surface area contributed by atoms with Gasteiger partial charge in [-0.25, -0.2) is 9.97 Å². The first-order valence-corrected chi connectivity index (χ1v) is 10.8. The Morgan fingerprint density at radius 1 is 1.21 bits per heavy atom. The summed E-state index contributed by atoms with van der Waals surface area (Å²) in [7, 11) is 0. The summed E-state index contributed by atoms with van der Waals surface area (Å²) in [6.07, 6.45) is 5.99. The van der Waals surface area contributed by atoms with Crippen LogP contribution in [0.25, 0.3) is 0 Å². The number of hydrogen-bond donors (Lipinski definition) is 1. The molecule has 1 aliphatic heterocycles. The number of rotatable bonds is 7. The largest absolute Gasteiger partial charge is 0.372 e. The number of benzene rings is 1. The fourth-order valence-corrected chi connectivity index (χ4v) is 4.07. The van der Waals surface area contributed by atoms with E-state index in [1.54, 1.807) is 12.3 Å². The van der Waals surface area contributed by atoms with E-state index in [-0.39, 0.29) is 5.91 Å². The van der Waals surface area contributed by atoms with Crippen LogP contribution in [-0.2, 0) is 0 Å². The molecule has 29 heavy (non-hydrogen) atoms. The van der Waals surface area contributed by atoms with Gasteiger partial charge in [0, 0.05) is 43.2 Å². The lowest BCUT2D eigenvalue weighted by atomic mass is 9.99. The average Bonchev–Trinajstić information content (AvgIpc) is 2.76. The molecule has 1 saturated heterocycles. The quantitative estimate of drug-likeness (QED) is 0.731. The minimum absolute atomic E-state index is 0.00982. The molecule has 0 aliphatic carbocycles. The summed E-state index contributed by atoms with van der Waals surface area (Å²) in [6, 6.07) is 8.36. The monoisotopic (exact) mass is 395 g/mol. The highest BCUT2D eigenvalue weighted by Gasteiger charge is 2.27. The SMILES string of the molecule is CCC1CCCCN1C(=O)c1ccnc(Nc2ccc(N(CC)CC)cc2C)n1. The van der Waals surface area contributed by atoms with Gasteiger partial charge >= 0.3 is 0 Å². The van der Waals surface area contributed by atoms with Crippen LogP contribution in [0, 0.1) is 6.92 Å². The van der Waals surface area contributed by atoms with Gasteiger partial charge in [-0.2, -0.15) is 0 Å². The van der Waals surface area contributed by atoms with Crippen molar-refractivity contribution >= 4 is 23.2 Å². The Balaban J connectivity index is 1.77. The summed E-state index contributed by atoms with van der Waals surface area (Å²) in [5.41, 5.74) is 3.74. The Morgan fingerprint density at radius 2 is 2.00 bits per heavy atom. The number of aryl methyl sites for hydroxylation is 1. The number of nitrogens with one attached hydrogen (secondary N) is 1. The lowest BCUT2D eigenvalue weighted by Crippen LogP contribution is -2.43. The molecule has 1 aromatic heterocycles. The molecule has 0 radical (unpaired) electrons. The Labute approximate surface area is 174 Å². The molecule has 1 unspecified atom stereocenters. The minimum atomic E-state index is 0.00982. The van der Waals surface area contributed by atoms with Gasteiger partial charge in [0.25, 0.3) is 5.91 Å². The molecule has 156 valence electrons. The van der Waals surface area contributed by atoms with Gasteiger partial charge in [-0.1, -0.05) is 6.92 Å². The molecule has 1 fully saturated rings. The van der Waals surface area contributed by atoms with Crippen molar-refractivity contribution < 1.29 is 4.79 Å². The van der Waals surface area contributed by atoms with E-state index in [0.717, 1.165) is 50.1 Å². The fraction of sp³-hybridized carbons (Fsp3) is 0.522. The minimum Gasteiger partial charge on any atom is -0.372 e. The molecule has 1 aromatic carbocycles. The smallest absolute Gasteiger partial charge is 0.272 e. The predicted molar refractivity (Wildman–Crippen MR) is 119 cm³/mol. The van der Waals surface area contributed by atoms with Gasteiger partial charge in [-0.05, 0) is 76.3 Å². The normalized spacial score (nSPS) is 16.6. The Kier molecular flexibility index (Phi) is 7.07. The molecular formula is C23H33N5O. The summed E-state index contributed by atoms with van der Waals surface area (Å²) in [5.74, 6) is 0.468. The van der Waals surface area contributed by atoms with Gasteiger partial charge < -0.3 is 15.1 Å². The second kappa shape index (κ2) is 9.72. The summed E-state index contributed by atoms with van der Waals surface area (Å²) in [6.45, 7) is 11.3. The van der Waals surface area contributed by atoms with Gasteiger partial charge in [0.15, 0.2) is 0 Å². The van der Waals surface area contributed by atoms with Crippen LogP contribution < -0.4 is 10.2 Å². The summed E-state index contributed by atoms with van der Waals surface area (Å²) >= 11 is 0. The van der Waals surface area contributed by atoms with E-state index in [2.05, 4.69) is 66.1 Å². The van der Waals surface area contributed by atoms with Crippen LogP contribution in [0.15, 0.2) is 30.5 Å². The zero-order chi connectivity index (χ0) is 20.8. The number of amides is 1. The second-order valence-corrected chi connectivity index (χ2v) is 7.62. The van der Waals surface area contributed by atoms with Crippen LogP contribution in [0.5, 0.6) is 0 Å². The highest BCUT2D eigenvalue weighted by molar-refractivity contribution is 5.92. The number of hydrogen-bond acceptors (Lipinski definition) is 5. The maximum atomic E-state index is 13.0. The second-order valence-electron chi connectivity index (χ2n) is 7.62. The van der Waals surface area contributed by atoms with Gasteiger partial charge in [-0.3, -0.25) is 4.79 Å². The van der Waals surface area contributed by atoms with Crippen molar-refractivity contribution in [3.63, 3.8) is 0 Å². The zero-order valence-electron chi connectivity index (χ0n) is 18.1. The van der Waals surface area contributed by atoms with Gasteiger partial charge in [-0.15, -0.1) is 0 Å². The predicted octanol–water partition coefficient (Wildman–Crippen LogP) is 4.78. The standard InChI is InChI=1S/C23H33N5O/c1-5-18-10-8-9-15-28(18)22(29)21-13-14-24-23(26-21)25-20-12-11-19(16-17(20)4)27(6-2)7-3/h11-14,16,18H,5-10,15H2,1-4H3,(H,24,25,26). The van der Waals surface area contributed by atoms with E-state index in [0.29, 0.717) is 17.7 Å². The molecule has 0 spiro atoms. The van der Waals surface area contributed by atoms with Crippen molar-refractivity contribution in [3.8, 4) is 0 Å². The third-order valence-corrected chi connectivity index (χ3v) is 5.82. The molecule has 6 heteroatoms. The number of carbonyl (C=O) groups excluding carboxylic acids is 1. The van der Waals surface area contributed by atoms with Gasteiger partial charge in [0.2, 0.25) is 5.95 Å². The molecule has 0 bridgehead atoms. The van der Waals surface area contributed by atoms with Gasteiger partial charge in [0.05, 0.1) is 0 Å². The van der Waals surface area contributed by atoms with Crippen molar-refractivity contribution in [2.75, 3.05) is 29.9 Å². The number of aromatic nitrogens is 2. The number of likely N-dealkylation sites (tertiary alicyclic amines) is 1. The topological polar surface area (TPSA) is 61.4 Å². The molecule has 1 atom stereocenters. The first-order valence-electron chi connectivity index (χ1n) is 10.8. The van der Waals surface area contributed by atoms with E-state index >= 15 is 0 Å². The third kappa shape index (κ3) is 4.86. The van der Waals surface area contributed by atoms with Crippen LogP contribution >= 0.6 is 0 Å². The highest BCUT2D eigenvalue weighted by Crippen LogP contribution is 2.25. The van der Waals surface area contributed by atoms with Crippen LogP contribution in [-0.4, -0.2) is 46.5 Å². The molecule has 1 amide bonds. The molecule has 2 heterocycles. The molecule has 6 nitrogen and oxygen atoms in total. The van der Waals surface area contributed by atoms with Gasteiger partial charge in [0.1, 0.15) is 5.69 Å². The van der Waals surface area contributed by atoms with Crippen molar-refractivity contribution in [3.05, 3.63) is 41.7 Å². The Bertz CT molecular complexity index is 834. The van der Waals surface area contributed by atoms with Crippen LogP contribution in [0.1, 0.15) is 62.5 Å². The van der Waals surface area contributed by atoms with E-state index in [1.165, 1.54) is 12.1 Å². The van der Waals surface area contributed by atoms with E-state index < -0.39 is 0 Å². The van der Waals surface area contributed by atoms with E-state index in [1.807, 2.05) is 4.90 Å². The summed E-state index contributed by atoms with van der Waals surface area (Å²) in [4.78, 5) is 26.2. The van der Waals surface area contributed by atoms with E-state index in [4.69, 9.17) is 0 Å². The highest BCUT2D eigenvalue weighted by atomic mass is 16.2. The van der Waals surface area contributed by atoms with Crippen molar-refractivity contribution in [1.82, 2.24) is 14.9 Å². The van der Waals surface area contributed by atoms with Crippen LogP contribution in [0.3, 0.4) is 0 Å². The van der Waals surface area contributed by atoms with Crippen LogP contribution in [0.4, 0.5) is 17.3 Å². The molecule has 2 aromatic rings. The number of anilines is 3. The Morgan fingerprint density at radius 3 is 2.69 bits per heavy atom. The van der Waals surface area contributed by atoms with Crippen molar-refractivity contribution in [2.45, 2.75) is 59.4 Å². The summed E-state index contributed by atoms with van der Waals surface area (Å²) < 4.78 is 0. The first-order chi connectivity index (χ1) is 14.1. The first kappa shape index (κ1) is 21.1. The number of nitrogens with zero attached hydrogens (tertiary/aromatic N) is 4. The maximum Gasteiger partial charge on any atom is 0.272 e. The molecule has 1 aliphatic rings. The third-order valence-electron chi connectivity index (χ3n) is 5.82.